The van der Waals surface area contributed by atoms with Crippen molar-refractivity contribution >= 4 is 43.5 Å². The summed E-state index contributed by atoms with van der Waals surface area (Å²) >= 11 is 13.3. The van der Waals surface area contributed by atoms with Gasteiger partial charge in [-0.1, -0.05) is 68.6 Å². The lowest BCUT2D eigenvalue weighted by atomic mass is 9.99. The molecule has 112 valence electrons. The highest BCUT2D eigenvalue weighted by molar-refractivity contribution is 9.10. The summed E-state index contributed by atoms with van der Waals surface area (Å²) in [5.74, 6) is 0. The van der Waals surface area contributed by atoms with Crippen molar-refractivity contribution in [2.24, 2.45) is 0 Å². The minimum atomic E-state index is 0.378. The number of rotatable bonds is 6. The van der Waals surface area contributed by atoms with Gasteiger partial charge in [0.05, 0.1) is 0 Å². The van der Waals surface area contributed by atoms with Gasteiger partial charge in [0.1, 0.15) is 0 Å². The van der Waals surface area contributed by atoms with Crippen molar-refractivity contribution in [1.82, 2.24) is 5.32 Å². The summed E-state index contributed by atoms with van der Waals surface area (Å²) in [6, 6.07) is 14.9. The van der Waals surface area contributed by atoms with E-state index in [1.54, 1.807) is 0 Å². The SMILES string of the molecule is CCNC(Cc1cccc(Br)c1)Cc1ccc(Br)cc1Cl. The topological polar surface area (TPSA) is 12.0 Å². The first kappa shape index (κ1) is 17.0. The molecule has 0 aromatic heterocycles. The zero-order chi connectivity index (χ0) is 15.2. The van der Waals surface area contributed by atoms with Crippen LogP contribution in [0.1, 0.15) is 18.1 Å². The van der Waals surface area contributed by atoms with Crippen LogP contribution in [-0.2, 0) is 12.8 Å². The highest BCUT2D eigenvalue weighted by Gasteiger charge is 2.12. The van der Waals surface area contributed by atoms with Crippen molar-refractivity contribution in [3.8, 4) is 0 Å². The van der Waals surface area contributed by atoms with Crippen LogP contribution >= 0.6 is 43.5 Å². The summed E-state index contributed by atoms with van der Waals surface area (Å²) in [7, 11) is 0. The second-order valence-corrected chi connectivity index (χ2v) is 7.27. The molecule has 21 heavy (non-hydrogen) atoms. The van der Waals surface area contributed by atoms with Crippen LogP contribution in [-0.4, -0.2) is 12.6 Å². The molecule has 0 aliphatic heterocycles. The van der Waals surface area contributed by atoms with E-state index in [-0.39, 0.29) is 0 Å². The molecule has 0 saturated heterocycles. The van der Waals surface area contributed by atoms with Gasteiger partial charge in [0.25, 0.3) is 0 Å². The van der Waals surface area contributed by atoms with Gasteiger partial charge >= 0.3 is 0 Å². The van der Waals surface area contributed by atoms with E-state index in [4.69, 9.17) is 11.6 Å². The summed E-state index contributed by atoms with van der Waals surface area (Å²) in [4.78, 5) is 0. The van der Waals surface area contributed by atoms with E-state index in [0.717, 1.165) is 33.4 Å². The molecule has 2 rings (SSSR count). The molecular weight excluding hydrogens is 413 g/mol. The molecule has 1 nitrogen and oxygen atoms in total. The second-order valence-electron chi connectivity index (χ2n) is 5.03. The maximum absolute atomic E-state index is 6.34. The maximum Gasteiger partial charge on any atom is 0.0449 e. The third-order valence-corrected chi connectivity index (χ3v) is 4.68. The van der Waals surface area contributed by atoms with Crippen LogP contribution in [0.2, 0.25) is 5.02 Å². The number of nitrogens with one attached hydrogen (secondary N) is 1. The van der Waals surface area contributed by atoms with Gasteiger partial charge in [-0.2, -0.15) is 0 Å². The Morgan fingerprint density at radius 2 is 1.81 bits per heavy atom. The molecular formula is C17H18Br2ClN. The quantitative estimate of drug-likeness (QED) is 0.625. The minimum absolute atomic E-state index is 0.378. The molecule has 0 fully saturated rings. The molecule has 0 saturated carbocycles. The van der Waals surface area contributed by atoms with E-state index >= 15 is 0 Å². The monoisotopic (exact) mass is 429 g/mol. The fourth-order valence-electron chi connectivity index (χ4n) is 2.41. The van der Waals surface area contributed by atoms with Gasteiger partial charge in [-0.15, -0.1) is 0 Å². The molecule has 1 unspecified atom stereocenters. The van der Waals surface area contributed by atoms with Crippen molar-refractivity contribution < 1.29 is 0 Å². The highest BCUT2D eigenvalue weighted by atomic mass is 79.9. The van der Waals surface area contributed by atoms with Crippen molar-refractivity contribution in [3.63, 3.8) is 0 Å². The third kappa shape index (κ3) is 5.41. The van der Waals surface area contributed by atoms with E-state index in [2.05, 4.69) is 74.4 Å². The first-order chi connectivity index (χ1) is 10.1. The zero-order valence-electron chi connectivity index (χ0n) is 11.9. The first-order valence-corrected chi connectivity index (χ1v) is 8.96. The van der Waals surface area contributed by atoms with Gasteiger partial charge in [-0.05, 0) is 54.8 Å². The van der Waals surface area contributed by atoms with Gasteiger partial charge in [0, 0.05) is 20.0 Å². The lowest BCUT2D eigenvalue weighted by Crippen LogP contribution is -2.33. The molecule has 1 atom stereocenters. The Bertz CT molecular complexity index is 601. The van der Waals surface area contributed by atoms with Gasteiger partial charge in [-0.3, -0.25) is 0 Å². The predicted octanol–water partition coefficient (Wildman–Crippen LogP) is 5.63. The lowest BCUT2D eigenvalue weighted by Gasteiger charge is -2.19. The van der Waals surface area contributed by atoms with Gasteiger partial charge in [0.15, 0.2) is 0 Å². The van der Waals surface area contributed by atoms with E-state index in [9.17, 15) is 0 Å². The molecule has 0 heterocycles. The molecule has 0 aliphatic carbocycles. The maximum atomic E-state index is 6.34. The largest absolute Gasteiger partial charge is 0.314 e. The Morgan fingerprint density at radius 3 is 2.48 bits per heavy atom. The minimum Gasteiger partial charge on any atom is -0.314 e. The summed E-state index contributed by atoms with van der Waals surface area (Å²) in [5, 5.41) is 4.38. The van der Waals surface area contributed by atoms with Crippen molar-refractivity contribution in [3.05, 3.63) is 67.6 Å². The van der Waals surface area contributed by atoms with Crippen molar-refractivity contribution in [1.29, 1.82) is 0 Å². The Labute approximate surface area is 148 Å². The van der Waals surface area contributed by atoms with E-state index in [1.165, 1.54) is 11.1 Å². The van der Waals surface area contributed by atoms with Gasteiger partial charge in [0.2, 0.25) is 0 Å². The normalized spacial score (nSPS) is 12.4. The molecule has 0 aliphatic rings. The van der Waals surface area contributed by atoms with Crippen LogP contribution < -0.4 is 5.32 Å². The van der Waals surface area contributed by atoms with Crippen LogP contribution in [0.5, 0.6) is 0 Å². The molecule has 2 aromatic rings. The third-order valence-electron chi connectivity index (χ3n) is 3.35. The summed E-state index contributed by atoms with van der Waals surface area (Å²) < 4.78 is 2.14. The fourth-order valence-corrected chi connectivity index (χ4v) is 3.60. The van der Waals surface area contributed by atoms with Gasteiger partial charge in [-0.25, -0.2) is 0 Å². The summed E-state index contributed by atoms with van der Waals surface area (Å²) in [5.41, 5.74) is 2.50. The first-order valence-electron chi connectivity index (χ1n) is 7.00. The van der Waals surface area contributed by atoms with Crippen LogP contribution in [0.4, 0.5) is 0 Å². The molecule has 0 radical (unpaired) electrons. The molecule has 0 spiro atoms. The smallest absolute Gasteiger partial charge is 0.0449 e. The van der Waals surface area contributed by atoms with Crippen LogP contribution in [0.25, 0.3) is 0 Å². The number of benzene rings is 2. The molecule has 2 aromatic carbocycles. The molecule has 0 bridgehead atoms. The number of hydrogen-bond donors (Lipinski definition) is 1. The van der Waals surface area contributed by atoms with E-state index in [1.807, 2.05) is 12.1 Å². The van der Waals surface area contributed by atoms with Crippen LogP contribution in [0, 0.1) is 0 Å². The van der Waals surface area contributed by atoms with Crippen molar-refractivity contribution in [2.45, 2.75) is 25.8 Å². The van der Waals surface area contributed by atoms with E-state index in [0.29, 0.717) is 6.04 Å². The predicted molar refractivity (Wildman–Crippen MR) is 98.2 cm³/mol. The van der Waals surface area contributed by atoms with Crippen LogP contribution in [0.15, 0.2) is 51.4 Å². The van der Waals surface area contributed by atoms with E-state index < -0.39 is 0 Å². The Balaban J connectivity index is 2.11. The van der Waals surface area contributed by atoms with Gasteiger partial charge < -0.3 is 5.32 Å². The summed E-state index contributed by atoms with van der Waals surface area (Å²) in [6.07, 6.45) is 1.91. The Kier molecular flexibility index (Phi) is 6.74. The zero-order valence-corrected chi connectivity index (χ0v) is 15.8. The number of likely N-dealkylation sites (N-methyl/N-ethyl adjacent to an activating group) is 1. The Morgan fingerprint density at radius 1 is 1.05 bits per heavy atom. The number of hydrogen-bond acceptors (Lipinski definition) is 1. The standard InChI is InChI=1S/C17H18Br2ClN/c1-2-21-16(9-12-4-3-5-14(18)8-12)10-13-6-7-15(19)11-17(13)20/h3-8,11,16,21H,2,9-10H2,1H3. The van der Waals surface area contributed by atoms with Crippen LogP contribution in [0.3, 0.4) is 0 Å². The molecule has 1 N–H and O–H groups in total. The average Bonchev–Trinajstić information content (AvgIpc) is 2.42. The summed E-state index contributed by atoms with van der Waals surface area (Å²) in [6.45, 7) is 3.09. The fraction of sp³-hybridized carbons (Fsp3) is 0.294. The average molecular weight is 432 g/mol. The molecule has 4 heteroatoms. The molecule has 0 amide bonds. The second kappa shape index (κ2) is 8.33. The Hall–Kier alpha value is -0.350. The van der Waals surface area contributed by atoms with Crippen molar-refractivity contribution in [2.75, 3.05) is 6.54 Å². The lowest BCUT2D eigenvalue weighted by molar-refractivity contribution is 0.521. The number of halogens is 3. The highest BCUT2D eigenvalue weighted by Crippen LogP contribution is 2.23.